The zero-order chi connectivity index (χ0) is 13.8. The molecule has 0 aromatic heterocycles. The molecule has 19 heavy (non-hydrogen) atoms. The van der Waals surface area contributed by atoms with E-state index in [0.29, 0.717) is 17.1 Å². The summed E-state index contributed by atoms with van der Waals surface area (Å²) in [6.45, 7) is 2.36. The van der Waals surface area contributed by atoms with Crippen LogP contribution in [0.3, 0.4) is 0 Å². The summed E-state index contributed by atoms with van der Waals surface area (Å²) in [5.41, 5.74) is 7.85. The van der Waals surface area contributed by atoms with Gasteiger partial charge in [-0.25, -0.2) is 4.39 Å². The lowest BCUT2D eigenvalue weighted by Gasteiger charge is -2.10. The van der Waals surface area contributed by atoms with E-state index >= 15 is 0 Å². The Morgan fingerprint density at radius 2 is 2.05 bits per heavy atom. The first kappa shape index (κ1) is 13.8. The second-order valence-electron chi connectivity index (χ2n) is 4.31. The fraction of sp³-hybridized carbons (Fsp3) is 0.200. The van der Waals surface area contributed by atoms with E-state index in [2.05, 4.69) is 0 Å². The highest BCUT2D eigenvalue weighted by atomic mass is 35.5. The molecule has 0 saturated heterocycles. The van der Waals surface area contributed by atoms with Gasteiger partial charge in [-0.15, -0.1) is 0 Å². The maximum Gasteiger partial charge on any atom is 0.167 e. The Morgan fingerprint density at radius 1 is 1.26 bits per heavy atom. The lowest BCUT2D eigenvalue weighted by Crippen LogP contribution is -2.01. The van der Waals surface area contributed by atoms with Crippen LogP contribution in [-0.4, -0.2) is 0 Å². The number of hydrogen-bond donors (Lipinski definition) is 1. The molecule has 0 amide bonds. The Labute approximate surface area is 117 Å². The first-order valence-corrected chi connectivity index (χ1v) is 6.35. The molecule has 0 aliphatic carbocycles. The van der Waals surface area contributed by atoms with Crippen molar-refractivity contribution in [2.45, 2.75) is 20.1 Å². The second kappa shape index (κ2) is 6.04. The van der Waals surface area contributed by atoms with Gasteiger partial charge in [-0.2, -0.15) is 0 Å². The second-order valence-corrected chi connectivity index (χ2v) is 4.71. The summed E-state index contributed by atoms with van der Waals surface area (Å²) in [4.78, 5) is 0. The lowest BCUT2D eigenvalue weighted by atomic mass is 10.1. The molecule has 0 unspecified atom stereocenters. The average Bonchev–Trinajstić information content (AvgIpc) is 2.41. The van der Waals surface area contributed by atoms with Crippen molar-refractivity contribution in [1.82, 2.24) is 0 Å². The third-order valence-corrected chi connectivity index (χ3v) is 3.24. The van der Waals surface area contributed by atoms with Crippen molar-refractivity contribution in [2.24, 2.45) is 5.73 Å². The highest BCUT2D eigenvalue weighted by Crippen LogP contribution is 2.23. The number of nitrogens with two attached hydrogens (primary N) is 1. The van der Waals surface area contributed by atoms with Crippen LogP contribution in [0.25, 0.3) is 0 Å². The number of hydrogen-bond acceptors (Lipinski definition) is 2. The molecule has 2 aromatic carbocycles. The van der Waals surface area contributed by atoms with Gasteiger partial charge >= 0.3 is 0 Å². The molecule has 0 aliphatic rings. The minimum Gasteiger partial charge on any atom is -0.486 e. The van der Waals surface area contributed by atoms with Gasteiger partial charge in [0.15, 0.2) is 11.6 Å². The quantitative estimate of drug-likeness (QED) is 0.923. The van der Waals surface area contributed by atoms with Gasteiger partial charge in [-0.05, 0) is 30.2 Å². The Balaban J connectivity index is 2.12. The molecule has 0 aliphatic heterocycles. The van der Waals surface area contributed by atoms with Gasteiger partial charge in [0.25, 0.3) is 0 Å². The van der Waals surface area contributed by atoms with E-state index in [0.717, 1.165) is 11.1 Å². The van der Waals surface area contributed by atoms with Crippen molar-refractivity contribution >= 4 is 11.6 Å². The fourth-order valence-corrected chi connectivity index (χ4v) is 1.98. The van der Waals surface area contributed by atoms with Crippen LogP contribution >= 0.6 is 11.6 Å². The number of rotatable bonds is 4. The largest absolute Gasteiger partial charge is 0.486 e. The molecule has 0 heterocycles. The summed E-state index contributed by atoms with van der Waals surface area (Å²) >= 11 is 6.12. The summed E-state index contributed by atoms with van der Waals surface area (Å²) < 4.78 is 19.2. The molecule has 2 N–H and O–H groups in total. The molecule has 0 spiro atoms. The summed E-state index contributed by atoms with van der Waals surface area (Å²) in [5.74, 6) is -0.101. The molecular formula is C15H15ClFNO. The first-order chi connectivity index (χ1) is 9.11. The van der Waals surface area contributed by atoms with Crippen LogP contribution in [0.1, 0.15) is 16.7 Å². The van der Waals surface area contributed by atoms with Crippen LogP contribution in [0, 0.1) is 12.7 Å². The SMILES string of the molecule is Cc1cccc(OCc2ccc(CN)cc2Cl)c1F. The van der Waals surface area contributed by atoms with E-state index in [-0.39, 0.29) is 18.2 Å². The van der Waals surface area contributed by atoms with Crippen LogP contribution in [0.4, 0.5) is 4.39 Å². The van der Waals surface area contributed by atoms with Gasteiger partial charge in [-0.3, -0.25) is 0 Å². The average molecular weight is 280 g/mol. The predicted molar refractivity (Wildman–Crippen MR) is 74.8 cm³/mol. The number of ether oxygens (including phenoxy) is 1. The van der Waals surface area contributed by atoms with E-state index < -0.39 is 0 Å². The first-order valence-electron chi connectivity index (χ1n) is 5.97. The fourth-order valence-electron chi connectivity index (χ4n) is 1.72. The smallest absolute Gasteiger partial charge is 0.167 e. The van der Waals surface area contributed by atoms with Gasteiger partial charge in [0.05, 0.1) is 0 Å². The monoisotopic (exact) mass is 279 g/mol. The zero-order valence-electron chi connectivity index (χ0n) is 10.6. The molecule has 2 rings (SSSR count). The third kappa shape index (κ3) is 3.25. The maximum atomic E-state index is 13.7. The number of benzene rings is 2. The number of aryl methyl sites for hydroxylation is 1. The van der Waals surface area contributed by atoms with E-state index in [4.69, 9.17) is 22.1 Å². The van der Waals surface area contributed by atoms with Crippen molar-refractivity contribution in [2.75, 3.05) is 0 Å². The minimum absolute atomic E-state index is 0.226. The third-order valence-electron chi connectivity index (χ3n) is 2.89. The summed E-state index contributed by atoms with van der Waals surface area (Å²) in [7, 11) is 0. The predicted octanol–water partition coefficient (Wildman–Crippen LogP) is 3.83. The maximum absolute atomic E-state index is 13.7. The Hall–Kier alpha value is -1.58. The van der Waals surface area contributed by atoms with Crippen molar-refractivity contribution in [3.63, 3.8) is 0 Å². The van der Waals surface area contributed by atoms with Crippen LogP contribution in [0.15, 0.2) is 36.4 Å². The molecular weight excluding hydrogens is 265 g/mol. The van der Waals surface area contributed by atoms with Gasteiger partial charge < -0.3 is 10.5 Å². The highest BCUT2D eigenvalue weighted by molar-refractivity contribution is 6.31. The molecule has 0 saturated carbocycles. The standard InChI is InChI=1S/C15H15ClFNO/c1-10-3-2-4-14(15(10)17)19-9-12-6-5-11(8-18)7-13(12)16/h2-7H,8-9,18H2,1H3. The van der Waals surface area contributed by atoms with E-state index in [1.165, 1.54) is 0 Å². The molecule has 0 bridgehead atoms. The molecule has 0 radical (unpaired) electrons. The molecule has 2 nitrogen and oxygen atoms in total. The van der Waals surface area contributed by atoms with Crippen molar-refractivity contribution < 1.29 is 9.13 Å². The van der Waals surface area contributed by atoms with E-state index in [9.17, 15) is 4.39 Å². The lowest BCUT2D eigenvalue weighted by molar-refractivity contribution is 0.289. The van der Waals surface area contributed by atoms with Gasteiger partial charge in [-0.1, -0.05) is 35.9 Å². The number of halogens is 2. The Kier molecular flexibility index (Phi) is 4.40. The molecule has 0 fully saturated rings. The molecule has 4 heteroatoms. The van der Waals surface area contributed by atoms with E-state index in [1.807, 2.05) is 12.1 Å². The zero-order valence-corrected chi connectivity index (χ0v) is 11.4. The summed E-state index contributed by atoms with van der Waals surface area (Å²) in [6, 6.07) is 10.6. The van der Waals surface area contributed by atoms with Gasteiger partial charge in [0.1, 0.15) is 6.61 Å². The molecule has 2 aromatic rings. The van der Waals surface area contributed by atoms with Crippen LogP contribution in [0.5, 0.6) is 5.75 Å². The van der Waals surface area contributed by atoms with Crippen LogP contribution in [0.2, 0.25) is 5.02 Å². The summed E-state index contributed by atoms with van der Waals surface area (Å²) in [6.07, 6.45) is 0. The van der Waals surface area contributed by atoms with Crippen molar-refractivity contribution in [1.29, 1.82) is 0 Å². The Morgan fingerprint density at radius 3 is 2.74 bits per heavy atom. The van der Waals surface area contributed by atoms with Crippen LogP contribution in [-0.2, 0) is 13.2 Å². The van der Waals surface area contributed by atoms with Gasteiger partial charge in [0.2, 0.25) is 0 Å². The van der Waals surface area contributed by atoms with Gasteiger partial charge in [0, 0.05) is 17.1 Å². The van der Waals surface area contributed by atoms with Crippen LogP contribution < -0.4 is 10.5 Å². The highest BCUT2D eigenvalue weighted by Gasteiger charge is 2.07. The van der Waals surface area contributed by atoms with E-state index in [1.54, 1.807) is 31.2 Å². The minimum atomic E-state index is -0.336. The Bertz CT molecular complexity index is 586. The molecule has 0 atom stereocenters. The normalized spacial score (nSPS) is 10.5. The van der Waals surface area contributed by atoms with Crippen molar-refractivity contribution in [3.05, 3.63) is 63.9 Å². The topological polar surface area (TPSA) is 35.2 Å². The van der Waals surface area contributed by atoms with Crippen molar-refractivity contribution in [3.8, 4) is 5.75 Å². The summed E-state index contributed by atoms with van der Waals surface area (Å²) in [5, 5.41) is 0.580. The molecule has 100 valence electrons.